The molecule has 0 bridgehead atoms. The van der Waals surface area contributed by atoms with Gasteiger partial charge in [-0.25, -0.2) is 4.98 Å². The fourth-order valence-electron chi connectivity index (χ4n) is 3.58. The number of nitriles is 1. The van der Waals surface area contributed by atoms with Crippen LogP contribution in [0.25, 0.3) is 0 Å². The van der Waals surface area contributed by atoms with Gasteiger partial charge in [-0.1, -0.05) is 42.5 Å². The lowest BCUT2D eigenvalue weighted by molar-refractivity contribution is 0.472. The summed E-state index contributed by atoms with van der Waals surface area (Å²) in [7, 11) is 0. The molecule has 3 aromatic rings. The van der Waals surface area contributed by atoms with Gasteiger partial charge in [0.05, 0.1) is 29.4 Å². The maximum atomic E-state index is 8.94. The van der Waals surface area contributed by atoms with Crippen LogP contribution in [0.5, 0.6) is 0 Å². The van der Waals surface area contributed by atoms with E-state index in [1.807, 2.05) is 48.7 Å². The SMILES string of the molecule is N#Cc1ccc(CCNC(c2ccccc2)[C@@H]2CNc3cccnc3N2)cc1. The van der Waals surface area contributed by atoms with Gasteiger partial charge in [-0.15, -0.1) is 0 Å². The Labute approximate surface area is 165 Å². The van der Waals surface area contributed by atoms with E-state index in [0.29, 0.717) is 5.56 Å². The third kappa shape index (κ3) is 4.13. The number of benzene rings is 2. The number of rotatable bonds is 6. The quantitative estimate of drug-likeness (QED) is 0.617. The van der Waals surface area contributed by atoms with Crippen molar-refractivity contribution in [1.82, 2.24) is 10.3 Å². The first-order valence-electron chi connectivity index (χ1n) is 9.56. The lowest BCUT2D eigenvalue weighted by atomic mass is 9.97. The number of fused-ring (bicyclic) bond motifs is 1. The summed E-state index contributed by atoms with van der Waals surface area (Å²) < 4.78 is 0. The average molecular weight is 369 g/mol. The van der Waals surface area contributed by atoms with Gasteiger partial charge in [-0.3, -0.25) is 0 Å². The lowest BCUT2D eigenvalue weighted by Crippen LogP contribution is -2.44. The third-order valence-corrected chi connectivity index (χ3v) is 5.06. The molecule has 28 heavy (non-hydrogen) atoms. The van der Waals surface area contributed by atoms with E-state index in [9.17, 15) is 0 Å². The normalized spacial score (nSPS) is 16.2. The highest BCUT2D eigenvalue weighted by Crippen LogP contribution is 2.28. The number of nitrogens with one attached hydrogen (secondary N) is 3. The topological polar surface area (TPSA) is 72.8 Å². The predicted octanol–water partition coefficient (Wildman–Crippen LogP) is 3.73. The molecule has 2 heterocycles. The van der Waals surface area contributed by atoms with Gasteiger partial charge in [0.25, 0.3) is 0 Å². The molecular weight excluding hydrogens is 346 g/mol. The molecule has 0 radical (unpaired) electrons. The number of nitrogens with zero attached hydrogens (tertiary/aromatic N) is 2. The van der Waals surface area contributed by atoms with Gasteiger partial charge < -0.3 is 16.0 Å². The van der Waals surface area contributed by atoms with Gasteiger partial charge in [-0.05, 0) is 48.4 Å². The molecule has 0 saturated heterocycles. The predicted molar refractivity (Wildman–Crippen MR) is 112 cm³/mol. The Bertz CT molecular complexity index is 947. The molecule has 4 rings (SSSR count). The van der Waals surface area contributed by atoms with Crippen molar-refractivity contribution in [3.05, 3.63) is 89.6 Å². The van der Waals surface area contributed by atoms with Crippen LogP contribution in [0.15, 0.2) is 72.9 Å². The molecule has 0 aliphatic carbocycles. The van der Waals surface area contributed by atoms with Crippen molar-refractivity contribution in [1.29, 1.82) is 5.26 Å². The second kappa shape index (κ2) is 8.55. The first-order valence-corrected chi connectivity index (χ1v) is 9.56. The van der Waals surface area contributed by atoms with Crippen LogP contribution < -0.4 is 16.0 Å². The van der Waals surface area contributed by atoms with E-state index in [1.54, 1.807) is 0 Å². The Morgan fingerprint density at radius 3 is 2.68 bits per heavy atom. The standard InChI is InChI=1S/C23H23N5/c24-15-18-10-8-17(9-11-18)12-14-25-22(19-5-2-1-3-6-19)21-16-27-20-7-4-13-26-23(20)28-21/h1-11,13,21-22,25,27H,12,14,16H2,(H,26,28)/t21-,22?/m0/s1. The number of hydrogen-bond donors (Lipinski definition) is 3. The Kier molecular flexibility index (Phi) is 5.51. The van der Waals surface area contributed by atoms with Crippen molar-refractivity contribution < 1.29 is 0 Å². The maximum Gasteiger partial charge on any atom is 0.149 e. The summed E-state index contributed by atoms with van der Waals surface area (Å²) in [5, 5.41) is 19.7. The maximum absolute atomic E-state index is 8.94. The molecule has 1 aliphatic rings. The van der Waals surface area contributed by atoms with E-state index in [0.717, 1.165) is 31.0 Å². The summed E-state index contributed by atoms with van der Waals surface area (Å²) >= 11 is 0. The van der Waals surface area contributed by atoms with E-state index in [4.69, 9.17) is 5.26 Å². The van der Waals surface area contributed by atoms with E-state index < -0.39 is 0 Å². The highest BCUT2D eigenvalue weighted by molar-refractivity contribution is 5.67. The Morgan fingerprint density at radius 1 is 1.07 bits per heavy atom. The van der Waals surface area contributed by atoms with Crippen LogP contribution in [-0.2, 0) is 6.42 Å². The average Bonchev–Trinajstić information content (AvgIpc) is 2.77. The summed E-state index contributed by atoms with van der Waals surface area (Å²) in [4.78, 5) is 4.46. The molecule has 1 aliphatic heterocycles. The van der Waals surface area contributed by atoms with Crippen LogP contribution in [0.4, 0.5) is 11.5 Å². The minimum Gasteiger partial charge on any atom is -0.380 e. The zero-order valence-electron chi connectivity index (χ0n) is 15.6. The van der Waals surface area contributed by atoms with Crippen LogP contribution in [-0.4, -0.2) is 24.1 Å². The van der Waals surface area contributed by atoms with E-state index in [1.165, 1.54) is 11.1 Å². The van der Waals surface area contributed by atoms with E-state index in [-0.39, 0.29) is 12.1 Å². The number of hydrogen-bond acceptors (Lipinski definition) is 5. The Morgan fingerprint density at radius 2 is 1.89 bits per heavy atom. The zero-order valence-corrected chi connectivity index (χ0v) is 15.6. The number of anilines is 2. The second-order valence-electron chi connectivity index (χ2n) is 6.93. The molecule has 5 heteroatoms. The van der Waals surface area contributed by atoms with Crippen LogP contribution in [0.1, 0.15) is 22.7 Å². The summed E-state index contributed by atoms with van der Waals surface area (Å²) in [6.45, 7) is 1.67. The van der Waals surface area contributed by atoms with Crippen molar-refractivity contribution in [2.75, 3.05) is 23.7 Å². The summed E-state index contributed by atoms with van der Waals surface area (Å²) in [5.74, 6) is 0.897. The third-order valence-electron chi connectivity index (χ3n) is 5.06. The van der Waals surface area contributed by atoms with Gasteiger partial charge >= 0.3 is 0 Å². The van der Waals surface area contributed by atoms with Crippen molar-refractivity contribution in [3.8, 4) is 6.07 Å². The number of pyridine rings is 1. The lowest BCUT2D eigenvalue weighted by Gasteiger charge is -2.34. The minimum absolute atomic E-state index is 0.155. The van der Waals surface area contributed by atoms with Gasteiger partial charge in [-0.2, -0.15) is 5.26 Å². The second-order valence-corrected chi connectivity index (χ2v) is 6.93. The molecule has 2 aromatic carbocycles. The first-order chi connectivity index (χ1) is 13.8. The zero-order chi connectivity index (χ0) is 19.2. The smallest absolute Gasteiger partial charge is 0.149 e. The van der Waals surface area contributed by atoms with Crippen molar-refractivity contribution in [2.24, 2.45) is 0 Å². The monoisotopic (exact) mass is 369 g/mol. The van der Waals surface area contributed by atoms with E-state index >= 15 is 0 Å². The summed E-state index contributed by atoms with van der Waals surface area (Å²) in [6, 6.07) is 24.8. The van der Waals surface area contributed by atoms with Crippen molar-refractivity contribution in [3.63, 3.8) is 0 Å². The molecule has 0 saturated carbocycles. The van der Waals surface area contributed by atoms with Gasteiger partial charge in [0.1, 0.15) is 5.82 Å². The fourth-order valence-corrected chi connectivity index (χ4v) is 3.58. The highest BCUT2D eigenvalue weighted by atomic mass is 15.2. The summed E-state index contributed by atoms with van der Waals surface area (Å²) in [6.07, 6.45) is 2.72. The van der Waals surface area contributed by atoms with Gasteiger partial charge in [0, 0.05) is 12.7 Å². The molecular formula is C23H23N5. The molecule has 140 valence electrons. The molecule has 3 N–H and O–H groups in total. The van der Waals surface area contributed by atoms with Crippen LogP contribution in [0, 0.1) is 11.3 Å². The summed E-state index contributed by atoms with van der Waals surface area (Å²) in [5.41, 5.74) is 4.21. The minimum atomic E-state index is 0.155. The molecule has 1 unspecified atom stereocenters. The van der Waals surface area contributed by atoms with Crippen molar-refractivity contribution in [2.45, 2.75) is 18.5 Å². The Balaban J connectivity index is 1.46. The van der Waals surface area contributed by atoms with E-state index in [2.05, 4.69) is 51.3 Å². The molecule has 0 spiro atoms. The molecule has 2 atom stereocenters. The highest BCUT2D eigenvalue weighted by Gasteiger charge is 2.27. The molecule has 0 fully saturated rings. The van der Waals surface area contributed by atoms with Crippen molar-refractivity contribution >= 4 is 11.5 Å². The van der Waals surface area contributed by atoms with Gasteiger partial charge in [0.15, 0.2) is 0 Å². The number of aromatic nitrogens is 1. The van der Waals surface area contributed by atoms with Crippen LogP contribution in [0.2, 0.25) is 0 Å². The molecule has 0 amide bonds. The van der Waals surface area contributed by atoms with Crippen LogP contribution >= 0.6 is 0 Å². The van der Waals surface area contributed by atoms with Gasteiger partial charge in [0.2, 0.25) is 0 Å². The Hall–Kier alpha value is -3.36. The molecule has 5 nitrogen and oxygen atoms in total. The fraction of sp³-hybridized carbons (Fsp3) is 0.217. The van der Waals surface area contributed by atoms with Crippen LogP contribution in [0.3, 0.4) is 0 Å². The first kappa shape index (κ1) is 18.0. The molecule has 1 aromatic heterocycles. The largest absolute Gasteiger partial charge is 0.380 e.